The van der Waals surface area contributed by atoms with Gasteiger partial charge in [-0.2, -0.15) is 0 Å². The zero-order valence-electron chi connectivity index (χ0n) is 23.2. The number of furan rings is 1. The van der Waals surface area contributed by atoms with E-state index in [9.17, 15) is 14.0 Å². The SMILES string of the molecule is CNC(=O)c1c(-c2ccc(F)cc2)oc2cc(N(C)SC)c([C@H]3CCCN(C(=O)C4=C/C(=C/N)N(N)C=C4)C3)cc12. The van der Waals surface area contributed by atoms with Gasteiger partial charge in [0.1, 0.15) is 17.2 Å². The molecule has 41 heavy (non-hydrogen) atoms. The topological polar surface area (TPSA) is 121 Å². The molecule has 1 saturated heterocycles. The van der Waals surface area contributed by atoms with Crippen LogP contribution in [0.5, 0.6) is 0 Å². The minimum absolute atomic E-state index is 0.0205. The van der Waals surface area contributed by atoms with Gasteiger partial charge in [0, 0.05) is 74.3 Å². The Morgan fingerprint density at radius 2 is 2.00 bits per heavy atom. The number of nitrogens with one attached hydrogen (secondary N) is 1. The Balaban J connectivity index is 1.57. The fraction of sp³-hybridized carbons (Fsp3) is 0.267. The van der Waals surface area contributed by atoms with E-state index in [1.807, 2.05) is 30.3 Å². The first-order valence-corrected chi connectivity index (χ1v) is 14.4. The van der Waals surface area contributed by atoms with Gasteiger partial charge in [-0.1, -0.05) is 11.9 Å². The van der Waals surface area contributed by atoms with Crippen LogP contribution in [0.25, 0.3) is 22.3 Å². The molecule has 2 aliphatic rings. The summed E-state index contributed by atoms with van der Waals surface area (Å²) < 4.78 is 22.0. The Bertz CT molecular complexity index is 1580. The fourth-order valence-corrected chi connectivity index (χ4v) is 5.75. The van der Waals surface area contributed by atoms with Crippen LogP contribution >= 0.6 is 11.9 Å². The van der Waals surface area contributed by atoms with Gasteiger partial charge in [0.15, 0.2) is 0 Å². The zero-order valence-corrected chi connectivity index (χ0v) is 24.0. The van der Waals surface area contributed by atoms with E-state index in [4.69, 9.17) is 16.0 Å². The maximum atomic E-state index is 13.7. The van der Waals surface area contributed by atoms with Gasteiger partial charge in [0.05, 0.1) is 16.9 Å². The van der Waals surface area contributed by atoms with Crippen LogP contribution in [0.4, 0.5) is 10.1 Å². The molecular formula is C30H33FN6O3S. The lowest BCUT2D eigenvalue weighted by molar-refractivity contribution is -0.128. The third-order valence-electron chi connectivity index (χ3n) is 7.59. The Morgan fingerprint density at radius 3 is 2.68 bits per heavy atom. The largest absolute Gasteiger partial charge is 0.455 e. The van der Waals surface area contributed by atoms with Crippen molar-refractivity contribution in [1.29, 1.82) is 0 Å². The molecule has 1 aromatic heterocycles. The van der Waals surface area contributed by atoms with Crippen LogP contribution in [0.3, 0.4) is 0 Å². The van der Waals surface area contributed by atoms with E-state index in [2.05, 4.69) is 9.62 Å². The van der Waals surface area contributed by atoms with Gasteiger partial charge in [-0.25, -0.2) is 10.2 Å². The summed E-state index contributed by atoms with van der Waals surface area (Å²) in [5, 5.41) is 4.75. The first-order valence-electron chi connectivity index (χ1n) is 13.3. The van der Waals surface area contributed by atoms with Crippen molar-refractivity contribution >= 4 is 40.4 Å². The molecule has 9 nitrogen and oxygen atoms in total. The van der Waals surface area contributed by atoms with Gasteiger partial charge in [0.2, 0.25) is 0 Å². The zero-order chi connectivity index (χ0) is 29.3. The number of anilines is 1. The summed E-state index contributed by atoms with van der Waals surface area (Å²) in [7, 11) is 3.54. The summed E-state index contributed by atoms with van der Waals surface area (Å²) in [4.78, 5) is 28.5. The highest BCUT2D eigenvalue weighted by Gasteiger charge is 2.31. The number of fused-ring (bicyclic) bond motifs is 1. The molecule has 1 fully saturated rings. The monoisotopic (exact) mass is 576 g/mol. The van der Waals surface area contributed by atoms with Gasteiger partial charge in [-0.15, -0.1) is 0 Å². The number of benzene rings is 2. The molecule has 0 spiro atoms. The molecule has 11 heteroatoms. The second kappa shape index (κ2) is 11.7. The number of hydrogen-bond donors (Lipinski definition) is 3. The number of hydrogen-bond acceptors (Lipinski definition) is 8. The van der Waals surface area contributed by atoms with Crippen LogP contribution < -0.4 is 21.2 Å². The van der Waals surface area contributed by atoms with E-state index in [0.29, 0.717) is 52.2 Å². The highest BCUT2D eigenvalue weighted by Crippen LogP contribution is 2.42. The molecule has 1 atom stereocenters. The van der Waals surface area contributed by atoms with Crippen molar-refractivity contribution in [1.82, 2.24) is 15.2 Å². The number of halogens is 1. The molecule has 2 aromatic carbocycles. The normalized spacial score (nSPS) is 18.1. The van der Waals surface area contributed by atoms with Crippen LogP contribution in [-0.2, 0) is 4.79 Å². The van der Waals surface area contributed by atoms with E-state index < -0.39 is 0 Å². The van der Waals surface area contributed by atoms with Crippen molar-refractivity contribution in [3.05, 3.63) is 89.2 Å². The summed E-state index contributed by atoms with van der Waals surface area (Å²) in [5.41, 5.74) is 10.2. The number of piperidine rings is 1. The van der Waals surface area contributed by atoms with Crippen molar-refractivity contribution in [2.75, 3.05) is 37.7 Å². The van der Waals surface area contributed by atoms with Crippen LogP contribution in [0, 0.1) is 5.82 Å². The third kappa shape index (κ3) is 5.42. The average molecular weight is 577 g/mol. The predicted octanol–water partition coefficient (Wildman–Crippen LogP) is 4.45. The molecule has 0 aliphatic carbocycles. The number of likely N-dealkylation sites (tertiary alicyclic amines) is 1. The maximum absolute atomic E-state index is 13.7. The van der Waals surface area contributed by atoms with Gasteiger partial charge in [-0.3, -0.25) is 14.6 Å². The van der Waals surface area contributed by atoms with Gasteiger partial charge < -0.3 is 24.7 Å². The Kier molecular flexibility index (Phi) is 8.09. The lowest BCUT2D eigenvalue weighted by atomic mass is 9.87. The third-order valence-corrected chi connectivity index (χ3v) is 8.34. The Labute approximate surface area is 242 Å². The summed E-state index contributed by atoms with van der Waals surface area (Å²) in [6, 6.07) is 9.85. The van der Waals surface area contributed by atoms with E-state index in [1.54, 1.807) is 49.5 Å². The second-order valence-corrected chi connectivity index (χ2v) is 10.9. The lowest BCUT2D eigenvalue weighted by Gasteiger charge is -2.35. The molecule has 214 valence electrons. The molecular weight excluding hydrogens is 543 g/mol. The van der Waals surface area contributed by atoms with E-state index in [1.165, 1.54) is 23.3 Å². The number of hydrazine groups is 1. The minimum Gasteiger partial charge on any atom is -0.455 e. The number of amides is 2. The molecule has 0 bridgehead atoms. The predicted molar refractivity (Wildman–Crippen MR) is 161 cm³/mol. The number of carbonyl (C=O) groups is 2. The summed E-state index contributed by atoms with van der Waals surface area (Å²) in [6.45, 7) is 1.14. The lowest BCUT2D eigenvalue weighted by Crippen LogP contribution is -2.40. The van der Waals surface area contributed by atoms with E-state index >= 15 is 0 Å². The Hall–Kier alpha value is -4.22. The second-order valence-electron chi connectivity index (χ2n) is 9.98. The molecule has 2 aliphatic heterocycles. The number of carbonyl (C=O) groups excluding carboxylic acids is 2. The van der Waals surface area contributed by atoms with Gasteiger partial charge in [-0.05, 0) is 60.9 Å². The smallest absolute Gasteiger partial charge is 0.255 e. The van der Waals surface area contributed by atoms with Crippen LogP contribution in [0.15, 0.2) is 76.6 Å². The molecule has 5 rings (SSSR count). The molecule has 3 aromatic rings. The minimum atomic E-state index is -0.371. The van der Waals surface area contributed by atoms with Crippen molar-refractivity contribution in [2.45, 2.75) is 18.8 Å². The number of allylic oxidation sites excluding steroid dienone is 1. The van der Waals surface area contributed by atoms with E-state index in [0.717, 1.165) is 24.1 Å². The van der Waals surface area contributed by atoms with Crippen molar-refractivity contribution in [2.24, 2.45) is 11.6 Å². The van der Waals surface area contributed by atoms with Gasteiger partial charge in [0.25, 0.3) is 11.8 Å². The first kappa shape index (κ1) is 28.3. The molecule has 5 N–H and O–H groups in total. The van der Waals surface area contributed by atoms with Crippen molar-refractivity contribution < 1.29 is 18.4 Å². The summed E-state index contributed by atoms with van der Waals surface area (Å²) >= 11 is 1.55. The first-order chi connectivity index (χ1) is 19.7. The molecule has 0 radical (unpaired) electrons. The van der Waals surface area contributed by atoms with Crippen molar-refractivity contribution in [3.8, 4) is 11.3 Å². The Morgan fingerprint density at radius 1 is 1.24 bits per heavy atom. The average Bonchev–Trinajstić information content (AvgIpc) is 3.38. The van der Waals surface area contributed by atoms with Crippen molar-refractivity contribution in [3.63, 3.8) is 0 Å². The number of rotatable bonds is 6. The summed E-state index contributed by atoms with van der Waals surface area (Å²) in [5.74, 6) is 5.53. The quantitative estimate of drug-likeness (QED) is 0.291. The molecule has 2 amide bonds. The fourth-order valence-electron chi connectivity index (χ4n) is 5.40. The van der Waals surface area contributed by atoms with Crippen LogP contribution in [0.1, 0.15) is 34.7 Å². The van der Waals surface area contributed by atoms with Crippen LogP contribution in [-0.4, -0.2) is 55.2 Å². The maximum Gasteiger partial charge on any atom is 0.255 e. The highest BCUT2D eigenvalue weighted by molar-refractivity contribution is 7.99. The van der Waals surface area contributed by atoms with E-state index in [-0.39, 0.29) is 23.5 Å². The van der Waals surface area contributed by atoms with Crippen LogP contribution in [0.2, 0.25) is 0 Å². The molecule has 0 unspecified atom stereocenters. The number of nitrogens with two attached hydrogens (primary N) is 2. The molecule has 0 saturated carbocycles. The van der Waals surface area contributed by atoms with Gasteiger partial charge >= 0.3 is 0 Å². The molecule has 3 heterocycles. The standard InChI is InChI=1S/C30H33FN6O3S/c1-34-29(38)27-24-14-23(20-5-4-11-36(17-20)30(39)19-10-12-37(33)22(13-19)16-32)25(35(2)41-3)15-26(24)40-28(27)18-6-8-21(31)9-7-18/h6-10,12-16,20H,4-5,11,17,32-33H2,1-3H3,(H,34,38)/b22-16-/t20-/m0/s1. The summed E-state index contributed by atoms with van der Waals surface area (Å²) in [6.07, 6.45) is 10.0. The highest BCUT2D eigenvalue weighted by atomic mass is 32.2. The number of nitrogens with zero attached hydrogens (tertiary/aromatic N) is 3.